The number of ether oxygens (including phenoxy) is 2. The average molecular weight is 425 g/mol. The number of amides is 1. The van der Waals surface area contributed by atoms with Gasteiger partial charge >= 0.3 is 0 Å². The zero-order valence-electron chi connectivity index (χ0n) is 18.3. The van der Waals surface area contributed by atoms with Crippen LogP contribution in [-0.4, -0.2) is 60.7 Å². The third-order valence-corrected chi connectivity index (χ3v) is 6.25. The summed E-state index contributed by atoms with van der Waals surface area (Å²) in [6, 6.07) is 12.9. The summed E-state index contributed by atoms with van der Waals surface area (Å²) >= 11 is 0. The van der Waals surface area contributed by atoms with E-state index in [0.717, 1.165) is 64.0 Å². The summed E-state index contributed by atoms with van der Waals surface area (Å²) in [4.78, 5) is 17.2. The predicted octanol–water partition coefficient (Wildman–Crippen LogP) is 3.93. The first-order chi connectivity index (χ1) is 15.1. The zero-order chi connectivity index (χ0) is 21.6. The fourth-order valence-electron chi connectivity index (χ4n) is 4.60. The van der Waals surface area contributed by atoms with Gasteiger partial charge in [0.2, 0.25) is 0 Å². The molecule has 0 spiro atoms. The van der Waals surface area contributed by atoms with Crippen molar-refractivity contribution in [3.05, 3.63) is 53.6 Å². The molecule has 2 aliphatic heterocycles. The van der Waals surface area contributed by atoms with Crippen LogP contribution in [0, 0.1) is 5.92 Å². The van der Waals surface area contributed by atoms with Crippen LogP contribution in [0.25, 0.3) is 0 Å². The molecule has 1 unspecified atom stereocenters. The second-order valence-corrected chi connectivity index (χ2v) is 8.55. The van der Waals surface area contributed by atoms with Crippen molar-refractivity contribution in [3.63, 3.8) is 0 Å². The van der Waals surface area contributed by atoms with E-state index in [2.05, 4.69) is 4.90 Å². The highest BCUT2D eigenvalue weighted by molar-refractivity contribution is 5.97. The smallest absolute Gasteiger partial charge is 0.257 e. The lowest BCUT2D eigenvalue weighted by molar-refractivity contribution is 0.0784. The van der Waals surface area contributed by atoms with Crippen LogP contribution in [0.2, 0.25) is 0 Å². The summed E-state index contributed by atoms with van der Waals surface area (Å²) in [7, 11) is 1.63. The molecule has 0 saturated carbocycles. The molecule has 6 nitrogen and oxygen atoms in total. The number of likely N-dealkylation sites (tertiary alicyclic amines) is 2. The maximum atomic E-state index is 12.9. The number of para-hydroxylation sites is 1. The van der Waals surface area contributed by atoms with Gasteiger partial charge in [0.25, 0.3) is 5.91 Å². The second kappa shape index (κ2) is 10.1. The Morgan fingerprint density at radius 3 is 2.68 bits per heavy atom. The molecule has 166 valence electrons. The molecule has 0 bridgehead atoms. The Hall–Kier alpha value is -2.73. The molecule has 31 heavy (non-hydrogen) atoms. The lowest BCUT2D eigenvalue weighted by atomic mass is 9.98. The number of aromatic hydroxyl groups is 1. The van der Waals surface area contributed by atoms with Gasteiger partial charge in [-0.15, -0.1) is 0 Å². The van der Waals surface area contributed by atoms with Crippen LogP contribution in [0.5, 0.6) is 17.2 Å². The van der Waals surface area contributed by atoms with Crippen molar-refractivity contribution in [3.8, 4) is 17.2 Å². The number of hydrogen-bond donors (Lipinski definition) is 1. The minimum atomic E-state index is 0.0813. The van der Waals surface area contributed by atoms with E-state index >= 15 is 0 Å². The van der Waals surface area contributed by atoms with Gasteiger partial charge < -0.3 is 19.5 Å². The van der Waals surface area contributed by atoms with E-state index in [0.29, 0.717) is 29.6 Å². The van der Waals surface area contributed by atoms with Crippen LogP contribution in [0.15, 0.2) is 42.5 Å². The Labute approximate surface area is 184 Å². The zero-order valence-corrected chi connectivity index (χ0v) is 18.3. The van der Waals surface area contributed by atoms with E-state index in [4.69, 9.17) is 9.47 Å². The van der Waals surface area contributed by atoms with Gasteiger partial charge in [-0.2, -0.15) is 0 Å². The number of carbonyl (C=O) groups is 1. The van der Waals surface area contributed by atoms with Gasteiger partial charge in [0.05, 0.1) is 19.3 Å². The van der Waals surface area contributed by atoms with Gasteiger partial charge in [-0.3, -0.25) is 9.69 Å². The summed E-state index contributed by atoms with van der Waals surface area (Å²) in [5.41, 5.74) is 1.74. The SMILES string of the molecule is COc1cc(O)ccc1CN1CCCC(COc2ccccc2C(=O)N2CCCC2)C1. The summed E-state index contributed by atoms with van der Waals surface area (Å²) in [6.45, 7) is 5.03. The van der Waals surface area contributed by atoms with Gasteiger partial charge in [0, 0.05) is 43.7 Å². The monoisotopic (exact) mass is 424 g/mol. The molecule has 4 rings (SSSR count). The fourth-order valence-corrected chi connectivity index (χ4v) is 4.60. The number of carbonyl (C=O) groups excluding carboxylic acids is 1. The van der Waals surface area contributed by atoms with Gasteiger partial charge in [0.1, 0.15) is 17.2 Å². The topological polar surface area (TPSA) is 62.2 Å². The van der Waals surface area contributed by atoms with Crippen LogP contribution in [0.3, 0.4) is 0 Å². The molecule has 6 heteroatoms. The third kappa shape index (κ3) is 5.31. The molecule has 1 amide bonds. The molecule has 2 fully saturated rings. The number of phenolic OH excluding ortho intramolecular Hbond substituents is 1. The van der Waals surface area contributed by atoms with E-state index in [9.17, 15) is 9.90 Å². The van der Waals surface area contributed by atoms with Crippen LogP contribution in [-0.2, 0) is 6.54 Å². The van der Waals surface area contributed by atoms with Crippen molar-refractivity contribution in [2.45, 2.75) is 32.2 Å². The minimum absolute atomic E-state index is 0.0813. The number of phenols is 1. The molecule has 0 aliphatic carbocycles. The van der Waals surface area contributed by atoms with Gasteiger partial charge in [-0.1, -0.05) is 18.2 Å². The van der Waals surface area contributed by atoms with Crippen LogP contribution >= 0.6 is 0 Å². The molecule has 1 N–H and O–H groups in total. The molecule has 2 heterocycles. The van der Waals surface area contributed by atoms with Crippen molar-refractivity contribution in [1.29, 1.82) is 0 Å². The van der Waals surface area contributed by atoms with E-state index in [1.165, 1.54) is 0 Å². The van der Waals surface area contributed by atoms with Crippen molar-refractivity contribution in [1.82, 2.24) is 9.80 Å². The standard InChI is InChI=1S/C25H32N2O4/c1-30-24-15-21(28)11-10-20(24)17-26-12-6-7-19(16-26)18-31-23-9-3-2-8-22(23)25(29)27-13-4-5-14-27/h2-3,8-11,15,19,28H,4-7,12-14,16-18H2,1H3. The number of nitrogens with zero attached hydrogens (tertiary/aromatic N) is 2. The number of rotatable bonds is 7. The summed E-state index contributed by atoms with van der Waals surface area (Å²) in [6.07, 6.45) is 4.39. The Kier molecular flexibility index (Phi) is 6.97. The highest BCUT2D eigenvalue weighted by atomic mass is 16.5. The average Bonchev–Trinajstić information content (AvgIpc) is 3.34. The summed E-state index contributed by atoms with van der Waals surface area (Å²) < 4.78 is 11.6. The number of benzene rings is 2. The molecule has 2 saturated heterocycles. The van der Waals surface area contributed by atoms with Gasteiger partial charge in [-0.25, -0.2) is 0 Å². The van der Waals surface area contributed by atoms with Crippen molar-refractivity contribution in [2.24, 2.45) is 5.92 Å². The van der Waals surface area contributed by atoms with Crippen LogP contribution < -0.4 is 9.47 Å². The highest BCUT2D eigenvalue weighted by Crippen LogP contribution is 2.28. The molecular weight excluding hydrogens is 392 g/mol. The number of hydrogen-bond acceptors (Lipinski definition) is 5. The van der Waals surface area contributed by atoms with Crippen LogP contribution in [0.1, 0.15) is 41.6 Å². The largest absolute Gasteiger partial charge is 0.508 e. The summed E-state index contributed by atoms with van der Waals surface area (Å²) in [5, 5.41) is 9.69. The number of piperidine rings is 1. The molecule has 2 aromatic rings. The van der Waals surface area contributed by atoms with Gasteiger partial charge in [-0.05, 0) is 50.4 Å². The molecule has 0 aromatic heterocycles. The molecule has 2 aliphatic rings. The lowest BCUT2D eigenvalue weighted by Gasteiger charge is -2.33. The van der Waals surface area contributed by atoms with E-state index < -0.39 is 0 Å². The Morgan fingerprint density at radius 1 is 1.06 bits per heavy atom. The van der Waals surface area contributed by atoms with E-state index in [1.807, 2.05) is 35.2 Å². The predicted molar refractivity (Wildman–Crippen MR) is 120 cm³/mol. The second-order valence-electron chi connectivity index (χ2n) is 8.55. The Morgan fingerprint density at radius 2 is 1.87 bits per heavy atom. The minimum Gasteiger partial charge on any atom is -0.508 e. The van der Waals surface area contributed by atoms with E-state index in [-0.39, 0.29) is 11.7 Å². The lowest BCUT2D eigenvalue weighted by Crippen LogP contribution is -2.37. The maximum Gasteiger partial charge on any atom is 0.257 e. The van der Waals surface area contributed by atoms with Gasteiger partial charge in [0.15, 0.2) is 0 Å². The van der Waals surface area contributed by atoms with Crippen LogP contribution in [0.4, 0.5) is 0 Å². The maximum absolute atomic E-state index is 12.9. The third-order valence-electron chi connectivity index (χ3n) is 6.25. The summed E-state index contributed by atoms with van der Waals surface area (Å²) in [5.74, 6) is 2.11. The highest BCUT2D eigenvalue weighted by Gasteiger charge is 2.24. The number of methoxy groups -OCH3 is 1. The van der Waals surface area contributed by atoms with Crippen molar-refractivity contribution >= 4 is 5.91 Å². The quantitative estimate of drug-likeness (QED) is 0.730. The molecule has 1 atom stereocenters. The molecular formula is C25H32N2O4. The molecule has 0 radical (unpaired) electrons. The first-order valence-electron chi connectivity index (χ1n) is 11.2. The molecule has 2 aromatic carbocycles. The Bertz CT molecular complexity index is 895. The van der Waals surface area contributed by atoms with E-state index in [1.54, 1.807) is 19.2 Å². The van der Waals surface area contributed by atoms with Crippen molar-refractivity contribution in [2.75, 3.05) is 39.9 Å². The van der Waals surface area contributed by atoms with Crippen molar-refractivity contribution < 1.29 is 19.4 Å². The first-order valence-corrected chi connectivity index (χ1v) is 11.2. The normalized spacial score (nSPS) is 19.4. The Balaban J connectivity index is 1.36. The first kappa shape index (κ1) is 21.5. The fraction of sp³-hybridized carbons (Fsp3) is 0.480.